The predicted molar refractivity (Wildman–Crippen MR) is 97.9 cm³/mol. The van der Waals surface area contributed by atoms with E-state index in [-0.39, 0.29) is 0 Å². The van der Waals surface area contributed by atoms with Crippen LogP contribution in [-0.2, 0) is 0 Å². The first-order chi connectivity index (χ1) is 10.8. The fraction of sp³-hybridized carbons (Fsp3) is 0.789. The topological polar surface area (TPSA) is 15.3 Å². The maximum absolute atomic E-state index is 3.93. The van der Waals surface area contributed by atoms with Crippen LogP contribution in [0, 0.1) is 11.8 Å². The van der Waals surface area contributed by atoms with Crippen molar-refractivity contribution in [2.75, 3.05) is 24.5 Å². The Balaban J connectivity index is 1.54. The van der Waals surface area contributed by atoms with E-state index in [2.05, 4.69) is 34.0 Å². The molecule has 0 radical (unpaired) electrons. The standard InChI is InChI=1S/C19H32N2S/c1-2-6-17-11-18(20-12-16-7-4-3-5-8-16)14-21(13-17)19-9-10-22-15-19/h9-10,15-18,20H,2-8,11-14H2,1H3. The van der Waals surface area contributed by atoms with E-state index >= 15 is 0 Å². The molecule has 0 spiro atoms. The zero-order valence-electron chi connectivity index (χ0n) is 14.1. The third-order valence-corrected chi connectivity index (χ3v) is 6.20. The van der Waals surface area contributed by atoms with E-state index in [1.165, 1.54) is 76.7 Å². The van der Waals surface area contributed by atoms with Crippen molar-refractivity contribution in [3.8, 4) is 0 Å². The molecule has 124 valence electrons. The highest BCUT2D eigenvalue weighted by atomic mass is 32.1. The molecule has 2 atom stereocenters. The Bertz CT molecular complexity index is 411. The van der Waals surface area contributed by atoms with Crippen LogP contribution in [0.4, 0.5) is 5.69 Å². The number of thiophene rings is 1. The van der Waals surface area contributed by atoms with Crippen molar-refractivity contribution in [3.63, 3.8) is 0 Å². The molecular formula is C19H32N2S. The van der Waals surface area contributed by atoms with Crippen molar-refractivity contribution in [1.82, 2.24) is 5.32 Å². The molecule has 1 saturated heterocycles. The molecule has 1 aromatic rings. The van der Waals surface area contributed by atoms with Gasteiger partial charge in [0.05, 0.1) is 0 Å². The van der Waals surface area contributed by atoms with E-state index in [4.69, 9.17) is 0 Å². The van der Waals surface area contributed by atoms with Gasteiger partial charge in [-0.1, -0.05) is 32.6 Å². The normalized spacial score (nSPS) is 27.2. The zero-order valence-corrected chi connectivity index (χ0v) is 14.9. The number of anilines is 1. The Labute approximate surface area is 140 Å². The third kappa shape index (κ3) is 4.48. The van der Waals surface area contributed by atoms with E-state index in [9.17, 15) is 0 Å². The smallest absolute Gasteiger partial charge is 0.0475 e. The summed E-state index contributed by atoms with van der Waals surface area (Å²) in [6, 6.07) is 2.98. The molecule has 0 amide bonds. The van der Waals surface area contributed by atoms with Crippen LogP contribution >= 0.6 is 11.3 Å². The van der Waals surface area contributed by atoms with Crippen molar-refractivity contribution in [2.24, 2.45) is 11.8 Å². The third-order valence-electron chi connectivity index (χ3n) is 5.53. The van der Waals surface area contributed by atoms with Gasteiger partial charge < -0.3 is 10.2 Å². The number of piperidine rings is 1. The number of nitrogens with one attached hydrogen (secondary N) is 1. The molecule has 1 aliphatic carbocycles. The molecule has 1 aromatic heterocycles. The number of nitrogens with zero attached hydrogens (tertiary/aromatic N) is 1. The van der Waals surface area contributed by atoms with Crippen LogP contribution in [0.15, 0.2) is 16.8 Å². The van der Waals surface area contributed by atoms with Crippen LogP contribution in [0.25, 0.3) is 0 Å². The molecule has 2 unspecified atom stereocenters. The van der Waals surface area contributed by atoms with Gasteiger partial charge in [-0.05, 0) is 55.5 Å². The quantitative estimate of drug-likeness (QED) is 0.801. The number of hydrogen-bond donors (Lipinski definition) is 1. The monoisotopic (exact) mass is 320 g/mol. The summed E-state index contributed by atoms with van der Waals surface area (Å²) in [6.45, 7) is 6.03. The predicted octanol–water partition coefficient (Wildman–Crippen LogP) is 4.91. The summed E-state index contributed by atoms with van der Waals surface area (Å²) in [5, 5.41) is 8.46. The lowest BCUT2D eigenvalue weighted by molar-refractivity contribution is 0.281. The molecule has 1 saturated carbocycles. The second-order valence-corrected chi connectivity index (χ2v) is 8.17. The van der Waals surface area contributed by atoms with Gasteiger partial charge in [0.25, 0.3) is 0 Å². The van der Waals surface area contributed by atoms with Gasteiger partial charge in [-0.3, -0.25) is 0 Å². The van der Waals surface area contributed by atoms with Gasteiger partial charge in [0.15, 0.2) is 0 Å². The van der Waals surface area contributed by atoms with Crippen molar-refractivity contribution >= 4 is 17.0 Å². The fourth-order valence-corrected chi connectivity index (χ4v) is 5.01. The lowest BCUT2D eigenvalue weighted by atomic mass is 9.87. The summed E-state index contributed by atoms with van der Waals surface area (Å²) in [7, 11) is 0. The summed E-state index contributed by atoms with van der Waals surface area (Å²) in [5.74, 6) is 1.80. The molecule has 3 rings (SSSR count). The van der Waals surface area contributed by atoms with E-state index in [0.29, 0.717) is 6.04 Å². The summed E-state index contributed by atoms with van der Waals surface area (Å²) in [5.41, 5.74) is 1.44. The zero-order chi connectivity index (χ0) is 15.2. The average Bonchev–Trinajstić information content (AvgIpc) is 3.09. The van der Waals surface area contributed by atoms with Crippen LogP contribution in [0.5, 0.6) is 0 Å². The highest BCUT2D eigenvalue weighted by Crippen LogP contribution is 2.28. The minimum atomic E-state index is 0.687. The number of hydrogen-bond acceptors (Lipinski definition) is 3. The highest BCUT2D eigenvalue weighted by molar-refractivity contribution is 7.08. The Kier molecular flexibility index (Phi) is 6.20. The molecule has 0 aromatic carbocycles. The van der Waals surface area contributed by atoms with E-state index in [1.54, 1.807) is 0 Å². The van der Waals surface area contributed by atoms with Gasteiger partial charge in [-0.2, -0.15) is 11.3 Å². The van der Waals surface area contributed by atoms with Gasteiger partial charge in [0.1, 0.15) is 0 Å². The maximum Gasteiger partial charge on any atom is 0.0475 e. The van der Waals surface area contributed by atoms with Gasteiger partial charge in [-0.25, -0.2) is 0 Å². The van der Waals surface area contributed by atoms with Gasteiger partial charge in [0.2, 0.25) is 0 Å². The van der Waals surface area contributed by atoms with Crippen molar-refractivity contribution in [2.45, 2.75) is 64.3 Å². The molecule has 3 heteroatoms. The van der Waals surface area contributed by atoms with Gasteiger partial charge >= 0.3 is 0 Å². The van der Waals surface area contributed by atoms with Crippen LogP contribution in [-0.4, -0.2) is 25.7 Å². The molecule has 2 heterocycles. The Morgan fingerprint density at radius 1 is 1.18 bits per heavy atom. The second kappa shape index (κ2) is 8.35. The summed E-state index contributed by atoms with van der Waals surface area (Å²) >= 11 is 1.82. The maximum atomic E-state index is 3.93. The molecule has 2 nitrogen and oxygen atoms in total. The Morgan fingerprint density at radius 2 is 2.05 bits per heavy atom. The van der Waals surface area contributed by atoms with Crippen molar-refractivity contribution < 1.29 is 0 Å². The SMILES string of the molecule is CCCC1CC(NCC2CCCCC2)CN(c2ccsc2)C1. The minimum absolute atomic E-state index is 0.687. The Morgan fingerprint density at radius 3 is 2.77 bits per heavy atom. The van der Waals surface area contributed by atoms with E-state index in [1.807, 2.05) is 11.3 Å². The van der Waals surface area contributed by atoms with Crippen molar-refractivity contribution in [1.29, 1.82) is 0 Å². The van der Waals surface area contributed by atoms with Crippen LogP contribution in [0.3, 0.4) is 0 Å². The molecule has 1 N–H and O–H groups in total. The molecule has 2 aliphatic rings. The van der Waals surface area contributed by atoms with Crippen molar-refractivity contribution in [3.05, 3.63) is 16.8 Å². The van der Waals surface area contributed by atoms with Gasteiger partial charge in [-0.15, -0.1) is 0 Å². The summed E-state index contributed by atoms with van der Waals surface area (Å²) in [4.78, 5) is 2.62. The number of rotatable bonds is 6. The summed E-state index contributed by atoms with van der Waals surface area (Å²) in [6.07, 6.45) is 11.3. The van der Waals surface area contributed by atoms with Crippen LogP contribution < -0.4 is 10.2 Å². The lowest BCUT2D eigenvalue weighted by Gasteiger charge is -2.40. The van der Waals surface area contributed by atoms with E-state index in [0.717, 1.165) is 11.8 Å². The fourth-order valence-electron chi connectivity index (χ4n) is 4.34. The lowest BCUT2D eigenvalue weighted by Crippen LogP contribution is -2.50. The van der Waals surface area contributed by atoms with E-state index < -0.39 is 0 Å². The molecular weight excluding hydrogens is 288 g/mol. The molecule has 0 bridgehead atoms. The first-order valence-electron chi connectivity index (χ1n) is 9.35. The summed E-state index contributed by atoms with van der Waals surface area (Å²) < 4.78 is 0. The van der Waals surface area contributed by atoms with Crippen LogP contribution in [0.1, 0.15) is 58.3 Å². The van der Waals surface area contributed by atoms with Gasteiger partial charge in [0, 0.05) is 30.2 Å². The first-order valence-corrected chi connectivity index (χ1v) is 10.3. The largest absolute Gasteiger partial charge is 0.369 e. The molecule has 2 fully saturated rings. The first kappa shape index (κ1) is 16.3. The highest BCUT2D eigenvalue weighted by Gasteiger charge is 2.27. The second-order valence-electron chi connectivity index (χ2n) is 7.39. The molecule has 1 aliphatic heterocycles. The minimum Gasteiger partial charge on any atom is -0.369 e. The Hall–Kier alpha value is -0.540. The molecule has 22 heavy (non-hydrogen) atoms. The van der Waals surface area contributed by atoms with Crippen LogP contribution in [0.2, 0.25) is 0 Å². The average molecular weight is 321 g/mol.